The standard InChI is InChI=1S/C15H17ClN4O/c1-15(2,3)20-8-9(7-17-20)13-18-12-5-4-10(16)6-11(12)14(21)19-13/h4-8,13,18H,1-3H3,(H,19,21). The zero-order chi connectivity index (χ0) is 15.2. The smallest absolute Gasteiger partial charge is 0.255 e. The van der Waals surface area contributed by atoms with E-state index in [1.807, 2.05) is 16.9 Å². The molecule has 1 atom stereocenters. The Bertz CT molecular complexity index is 702. The summed E-state index contributed by atoms with van der Waals surface area (Å²) in [6.07, 6.45) is 3.42. The summed E-state index contributed by atoms with van der Waals surface area (Å²) in [5, 5.41) is 11.1. The summed E-state index contributed by atoms with van der Waals surface area (Å²) in [7, 11) is 0. The molecule has 1 aliphatic rings. The Hall–Kier alpha value is -2.01. The van der Waals surface area contributed by atoms with Crippen LogP contribution in [0.25, 0.3) is 0 Å². The van der Waals surface area contributed by atoms with Crippen LogP contribution in [0.3, 0.4) is 0 Å². The van der Waals surface area contributed by atoms with Crippen LogP contribution in [0, 0.1) is 0 Å². The van der Waals surface area contributed by atoms with Gasteiger partial charge in [-0.15, -0.1) is 0 Å². The van der Waals surface area contributed by atoms with E-state index in [-0.39, 0.29) is 17.6 Å². The summed E-state index contributed by atoms with van der Waals surface area (Å²) in [6.45, 7) is 6.23. The highest BCUT2D eigenvalue weighted by molar-refractivity contribution is 6.31. The molecule has 1 aromatic carbocycles. The van der Waals surface area contributed by atoms with Crippen LogP contribution in [-0.2, 0) is 5.54 Å². The number of aromatic nitrogens is 2. The third-order valence-corrected chi connectivity index (χ3v) is 3.66. The van der Waals surface area contributed by atoms with Crippen molar-refractivity contribution in [2.24, 2.45) is 0 Å². The van der Waals surface area contributed by atoms with Gasteiger partial charge >= 0.3 is 0 Å². The van der Waals surface area contributed by atoms with Gasteiger partial charge in [0, 0.05) is 22.5 Å². The van der Waals surface area contributed by atoms with Gasteiger partial charge in [-0.2, -0.15) is 5.10 Å². The summed E-state index contributed by atoms with van der Waals surface area (Å²) >= 11 is 5.93. The normalized spacial score (nSPS) is 17.9. The number of halogens is 1. The van der Waals surface area contributed by atoms with E-state index < -0.39 is 0 Å². The van der Waals surface area contributed by atoms with Gasteiger partial charge in [0.2, 0.25) is 0 Å². The molecule has 2 aromatic rings. The highest BCUT2D eigenvalue weighted by Crippen LogP contribution is 2.29. The van der Waals surface area contributed by atoms with Crippen LogP contribution in [0.4, 0.5) is 5.69 Å². The number of amides is 1. The molecule has 2 heterocycles. The van der Waals surface area contributed by atoms with Crippen LogP contribution in [0.15, 0.2) is 30.6 Å². The van der Waals surface area contributed by atoms with Crippen molar-refractivity contribution in [3.05, 3.63) is 46.7 Å². The maximum Gasteiger partial charge on any atom is 0.255 e. The number of nitrogens with zero attached hydrogens (tertiary/aromatic N) is 2. The van der Waals surface area contributed by atoms with Crippen LogP contribution in [0.1, 0.15) is 42.9 Å². The molecule has 0 saturated heterocycles. The lowest BCUT2D eigenvalue weighted by Gasteiger charge is -2.27. The Morgan fingerprint density at radius 3 is 2.71 bits per heavy atom. The number of hydrogen-bond donors (Lipinski definition) is 2. The van der Waals surface area contributed by atoms with Crippen molar-refractivity contribution in [1.82, 2.24) is 15.1 Å². The quantitative estimate of drug-likeness (QED) is 0.851. The van der Waals surface area contributed by atoms with Gasteiger partial charge in [0.25, 0.3) is 5.91 Å². The Balaban J connectivity index is 1.91. The Morgan fingerprint density at radius 1 is 1.29 bits per heavy atom. The fourth-order valence-electron chi connectivity index (χ4n) is 2.25. The third kappa shape index (κ3) is 2.61. The number of carbonyl (C=O) groups is 1. The first-order valence-corrected chi connectivity index (χ1v) is 7.14. The molecule has 1 aromatic heterocycles. The van der Waals surface area contributed by atoms with Crippen molar-refractivity contribution in [1.29, 1.82) is 0 Å². The molecule has 2 N–H and O–H groups in total. The zero-order valence-electron chi connectivity index (χ0n) is 12.1. The molecular formula is C15H17ClN4O. The molecular weight excluding hydrogens is 288 g/mol. The summed E-state index contributed by atoms with van der Waals surface area (Å²) in [5.41, 5.74) is 2.15. The molecule has 1 aliphatic heterocycles. The largest absolute Gasteiger partial charge is 0.361 e. The van der Waals surface area contributed by atoms with Crippen molar-refractivity contribution < 1.29 is 4.79 Å². The van der Waals surface area contributed by atoms with Crippen LogP contribution in [-0.4, -0.2) is 15.7 Å². The fourth-order valence-corrected chi connectivity index (χ4v) is 2.42. The van der Waals surface area contributed by atoms with Crippen LogP contribution in [0.2, 0.25) is 5.02 Å². The molecule has 110 valence electrons. The van der Waals surface area contributed by atoms with Gasteiger partial charge in [-0.05, 0) is 39.0 Å². The fraction of sp³-hybridized carbons (Fsp3) is 0.333. The zero-order valence-corrected chi connectivity index (χ0v) is 12.9. The number of fused-ring (bicyclic) bond motifs is 1. The maximum absolute atomic E-state index is 12.2. The third-order valence-electron chi connectivity index (χ3n) is 3.42. The summed E-state index contributed by atoms with van der Waals surface area (Å²) in [4.78, 5) is 12.2. The van der Waals surface area contributed by atoms with Crippen LogP contribution in [0.5, 0.6) is 0 Å². The van der Waals surface area contributed by atoms with Crippen molar-refractivity contribution in [2.75, 3.05) is 5.32 Å². The molecule has 3 rings (SSSR count). The first kappa shape index (κ1) is 13.9. The van der Waals surface area contributed by atoms with E-state index in [0.29, 0.717) is 10.6 Å². The van der Waals surface area contributed by atoms with E-state index in [0.717, 1.165) is 11.3 Å². The molecule has 1 unspecified atom stereocenters. The summed E-state index contributed by atoms with van der Waals surface area (Å²) in [6, 6.07) is 5.24. The molecule has 0 radical (unpaired) electrons. The minimum absolute atomic E-state index is 0.0949. The lowest BCUT2D eigenvalue weighted by Crippen LogP contribution is -2.38. The summed E-state index contributed by atoms with van der Waals surface area (Å²) < 4.78 is 1.88. The topological polar surface area (TPSA) is 59.0 Å². The van der Waals surface area contributed by atoms with Crippen molar-refractivity contribution in [3.63, 3.8) is 0 Å². The number of nitrogens with one attached hydrogen (secondary N) is 2. The number of benzene rings is 1. The van der Waals surface area contributed by atoms with Gasteiger partial charge in [0.05, 0.1) is 17.3 Å². The molecule has 5 nitrogen and oxygen atoms in total. The highest BCUT2D eigenvalue weighted by atomic mass is 35.5. The van der Waals surface area contributed by atoms with Gasteiger partial charge in [0.15, 0.2) is 0 Å². The minimum atomic E-state index is -0.290. The van der Waals surface area contributed by atoms with Gasteiger partial charge < -0.3 is 10.6 Å². The van der Waals surface area contributed by atoms with E-state index in [4.69, 9.17) is 11.6 Å². The molecule has 0 bridgehead atoms. The average Bonchev–Trinajstić information content (AvgIpc) is 2.89. The molecule has 21 heavy (non-hydrogen) atoms. The second kappa shape index (κ2) is 4.77. The molecule has 0 spiro atoms. The van der Waals surface area contributed by atoms with Crippen molar-refractivity contribution >= 4 is 23.2 Å². The van der Waals surface area contributed by atoms with Crippen molar-refractivity contribution in [3.8, 4) is 0 Å². The number of rotatable bonds is 1. The first-order valence-electron chi connectivity index (χ1n) is 6.76. The predicted octanol–water partition coefficient (Wildman–Crippen LogP) is 3.15. The van der Waals surface area contributed by atoms with Crippen molar-refractivity contribution in [2.45, 2.75) is 32.5 Å². The minimum Gasteiger partial charge on any atom is -0.361 e. The second-order valence-electron chi connectivity index (χ2n) is 6.13. The van der Waals surface area contributed by atoms with E-state index in [1.54, 1.807) is 18.3 Å². The lowest BCUT2D eigenvalue weighted by atomic mass is 10.1. The second-order valence-corrected chi connectivity index (χ2v) is 6.57. The SMILES string of the molecule is CC(C)(C)n1cc(C2NC(=O)c3cc(Cl)ccc3N2)cn1. The number of carbonyl (C=O) groups excluding carboxylic acids is 1. The predicted molar refractivity (Wildman–Crippen MR) is 82.5 cm³/mol. The Kier molecular flexibility index (Phi) is 3.17. The molecule has 6 heteroatoms. The monoisotopic (exact) mass is 304 g/mol. The van der Waals surface area contributed by atoms with E-state index in [9.17, 15) is 4.79 Å². The van der Waals surface area contributed by atoms with Gasteiger partial charge in [-0.3, -0.25) is 9.48 Å². The van der Waals surface area contributed by atoms with E-state index in [1.165, 1.54) is 0 Å². The Morgan fingerprint density at radius 2 is 2.05 bits per heavy atom. The van der Waals surface area contributed by atoms with Gasteiger partial charge in [-0.1, -0.05) is 11.6 Å². The molecule has 0 fully saturated rings. The maximum atomic E-state index is 12.2. The average molecular weight is 305 g/mol. The molecule has 1 amide bonds. The van der Waals surface area contributed by atoms with Crippen LogP contribution >= 0.6 is 11.6 Å². The van der Waals surface area contributed by atoms with E-state index in [2.05, 4.69) is 36.5 Å². The number of anilines is 1. The molecule has 0 aliphatic carbocycles. The van der Waals surface area contributed by atoms with Gasteiger partial charge in [-0.25, -0.2) is 0 Å². The van der Waals surface area contributed by atoms with Gasteiger partial charge in [0.1, 0.15) is 6.17 Å². The van der Waals surface area contributed by atoms with E-state index >= 15 is 0 Å². The highest BCUT2D eigenvalue weighted by Gasteiger charge is 2.26. The van der Waals surface area contributed by atoms with Crippen LogP contribution < -0.4 is 10.6 Å². The molecule has 0 saturated carbocycles. The number of hydrogen-bond acceptors (Lipinski definition) is 3. The lowest BCUT2D eigenvalue weighted by molar-refractivity contribution is 0.0935. The first-order chi connectivity index (χ1) is 9.84. The summed E-state index contributed by atoms with van der Waals surface area (Å²) in [5.74, 6) is -0.139. The Labute approximate surface area is 128 Å².